The Bertz CT molecular complexity index is 1350. The number of carbonyl (C=O) groups excluding carboxylic acids is 4. The zero-order valence-electron chi connectivity index (χ0n) is 27.6. The topological polar surface area (TPSA) is 129 Å². The quantitative estimate of drug-likeness (QED) is 0.171. The van der Waals surface area contributed by atoms with Crippen molar-refractivity contribution in [2.45, 2.75) is 85.5 Å². The number of aryl methyl sites for hydroxylation is 1. The fourth-order valence-electron chi connectivity index (χ4n) is 5.27. The number of ether oxygens (including phenoxy) is 2. The summed E-state index contributed by atoms with van der Waals surface area (Å²) in [5.74, 6) is 0.0861. The molecule has 0 aliphatic carbocycles. The van der Waals surface area contributed by atoms with E-state index in [4.69, 9.17) is 9.47 Å². The van der Waals surface area contributed by atoms with E-state index in [0.717, 1.165) is 11.1 Å². The number of hydrogen-bond donors (Lipinski definition) is 3. The van der Waals surface area contributed by atoms with E-state index in [-0.39, 0.29) is 55.2 Å². The zero-order chi connectivity index (χ0) is 32.6. The molecule has 3 N–H and O–H groups in total. The van der Waals surface area contributed by atoms with Gasteiger partial charge in [-0.2, -0.15) is 0 Å². The largest absolute Gasteiger partial charge is 0.495 e. The fourth-order valence-corrected chi connectivity index (χ4v) is 5.27. The van der Waals surface area contributed by atoms with E-state index in [2.05, 4.69) is 16.0 Å². The summed E-state index contributed by atoms with van der Waals surface area (Å²) in [5, 5.41) is 8.97. The number of amides is 5. The summed E-state index contributed by atoms with van der Waals surface area (Å²) < 4.78 is 10.6. The van der Waals surface area contributed by atoms with Gasteiger partial charge in [0.1, 0.15) is 11.3 Å². The average molecular weight is 646 g/mol. The van der Waals surface area contributed by atoms with Crippen LogP contribution in [0.25, 0.3) is 0 Å². The van der Waals surface area contributed by atoms with Gasteiger partial charge >= 0.3 is 18.0 Å². The molecular formula is C33H48ClN5O6. The monoisotopic (exact) mass is 645 g/mol. The highest BCUT2D eigenvalue weighted by Gasteiger charge is 2.53. The Morgan fingerprint density at radius 1 is 1.00 bits per heavy atom. The number of nitrogens with one attached hydrogen (secondary N) is 3. The number of urea groups is 2. The number of methoxy groups -OCH3 is 1. The molecule has 0 radical (unpaired) electrons. The lowest BCUT2D eigenvalue weighted by Crippen LogP contribution is -2.49. The Morgan fingerprint density at radius 2 is 1.67 bits per heavy atom. The minimum atomic E-state index is -1.08. The molecular weight excluding hydrogens is 598 g/mol. The minimum Gasteiger partial charge on any atom is -0.495 e. The lowest BCUT2D eigenvalue weighted by Gasteiger charge is -2.29. The van der Waals surface area contributed by atoms with Crippen LogP contribution in [0.3, 0.4) is 0 Å². The smallest absolute Gasteiger partial charge is 0.328 e. The number of imide groups is 1. The number of carbonyl (C=O) groups is 4. The van der Waals surface area contributed by atoms with Crippen LogP contribution in [-0.4, -0.2) is 71.6 Å². The Morgan fingerprint density at radius 3 is 2.29 bits per heavy atom. The SMILES string of the molecule is CCOC(=O)C[C@@H](C)NC[C@H](CC(C)C)N1C(=O)N(Cc2ccc(NC(=O)Nc3ccccc3C)c(OC)c2)C(C)(C)C1=O.Cl. The van der Waals surface area contributed by atoms with E-state index in [1.165, 1.54) is 12.0 Å². The predicted octanol–water partition coefficient (Wildman–Crippen LogP) is 5.96. The van der Waals surface area contributed by atoms with E-state index >= 15 is 0 Å². The maximum atomic E-state index is 13.9. The highest BCUT2D eigenvalue weighted by Crippen LogP contribution is 2.34. The van der Waals surface area contributed by atoms with Crippen LogP contribution in [0.2, 0.25) is 0 Å². The Balaban J connectivity index is 0.00000705. The zero-order valence-corrected chi connectivity index (χ0v) is 28.4. The average Bonchev–Trinajstić information content (AvgIpc) is 3.11. The third-order valence-corrected chi connectivity index (χ3v) is 7.69. The molecule has 1 saturated heterocycles. The molecule has 12 heteroatoms. The van der Waals surface area contributed by atoms with Crippen molar-refractivity contribution in [2.24, 2.45) is 5.92 Å². The lowest BCUT2D eigenvalue weighted by molar-refractivity contribution is -0.143. The highest BCUT2D eigenvalue weighted by molar-refractivity contribution is 6.07. The first-order valence-electron chi connectivity index (χ1n) is 15.1. The third kappa shape index (κ3) is 9.58. The molecule has 11 nitrogen and oxygen atoms in total. The number of halogens is 1. The number of rotatable bonds is 14. The lowest BCUT2D eigenvalue weighted by atomic mass is 9.99. The molecule has 3 rings (SSSR count). The standard InChI is InChI=1S/C33H47N5O6.ClH/c1-9-44-29(39)17-23(5)34-19-25(16-21(2)3)38-30(40)33(6,7)37(32(38)42)20-24-14-15-27(28(18-24)43-8)36-31(41)35-26-13-11-10-12-22(26)4;/h10-15,18,21,23,25,34H,9,16-17,19-20H2,1-8H3,(H2,35,36,41);1H/t23-,25+;/m1./s1. The summed E-state index contributed by atoms with van der Waals surface area (Å²) in [7, 11) is 1.51. The molecule has 1 fully saturated rings. The highest BCUT2D eigenvalue weighted by atomic mass is 35.5. The van der Waals surface area contributed by atoms with Gasteiger partial charge in [-0.25, -0.2) is 9.59 Å². The number of hydrogen-bond acceptors (Lipinski definition) is 7. The molecule has 5 amide bonds. The second kappa shape index (κ2) is 16.5. The van der Waals surface area contributed by atoms with Gasteiger partial charge in [-0.05, 0) is 76.3 Å². The maximum Gasteiger partial charge on any atom is 0.328 e. The van der Waals surface area contributed by atoms with Crippen molar-refractivity contribution in [1.82, 2.24) is 15.1 Å². The second-order valence-electron chi connectivity index (χ2n) is 12.1. The summed E-state index contributed by atoms with van der Waals surface area (Å²) in [4.78, 5) is 55.1. The van der Waals surface area contributed by atoms with Gasteiger partial charge in [0.25, 0.3) is 5.91 Å². The Kier molecular flexibility index (Phi) is 13.7. The molecule has 0 bridgehead atoms. The molecule has 0 saturated carbocycles. The molecule has 1 aliphatic rings. The van der Waals surface area contributed by atoms with Crippen molar-refractivity contribution < 1.29 is 28.7 Å². The van der Waals surface area contributed by atoms with Crippen molar-refractivity contribution in [1.29, 1.82) is 0 Å². The number of anilines is 2. The van der Waals surface area contributed by atoms with Crippen molar-refractivity contribution in [3.05, 3.63) is 53.6 Å². The van der Waals surface area contributed by atoms with E-state index in [9.17, 15) is 19.2 Å². The first-order valence-corrected chi connectivity index (χ1v) is 15.1. The summed E-state index contributed by atoms with van der Waals surface area (Å²) in [6.07, 6.45) is 0.807. The molecule has 1 heterocycles. The van der Waals surface area contributed by atoms with Crippen LogP contribution in [-0.2, 0) is 20.9 Å². The van der Waals surface area contributed by atoms with E-state index in [1.807, 2.05) is 52.0 Å². The van der Waals surface area contributed by atoms with Crippen molar-refractivity contribution in [2.75, 3.05) is 30.9 Å². The molecule has 2 aromatic carbocycles. The third-order valence-electron chi connectivity index (χ3n) is 7.69. The first kappa shape index (κ1) is 37.4. The molecule has 2 aromatic rings. The van der Waals surface area contributed by atoms with Gasteiger partial charge in [0.15, 0.2) is 0 Å². The molecule has 45 heavy (non-hydrogen) atoms. The van der Waals surface area contributed by atoms with Gasteiger partial charge in [-0.15, -0.1) is 12.4 Å². The molecule has 0 spiro atoms. The molecule has 1 aliphatic heterocycles. The van der Waals surface area contributed by atoms with Crippen molar-refractivity contribution in [3.8, 4) is 5.75 Å². The maximum absolute atomic E-state index is 13.9. The Hall–Kier alpha value is -3.83. The fraction of sp³-hybridized carbons (Fsp3) is 0.515. The van der Waals surface area contributed by atoms with E-state index < -0.39 is 17.6 Å². The van der Waals surface area contributed by atoms with Gasteiger partial charge in [0, 0.05) is 24.8 Å². The summed E-state index contributed by atoms with van der Waals surface area (Å²) in [5.41, 5.74) is 1.75. The number of esters is 1. The second-order valence-corrected chi connectivity index (χ2v) is 12.1. The van der Waals surface area contributed by atoms with Gasteiger partial charge < -0.3 is 30.3 Å². The summed E-state index contributed by atoms with van der Waals surface area (Å²) in [6, 6.07) is 11.4. The van der Waals surface area contributed by atoms with Crippen LogP contribution in [0.15, 0.2) is 42.5 Å². The normalized spacial score (nSPS) is 15.4. The summed E-state index contributed by atoms with van der Waals surface area (Å²) in [6.45, 7) is 14.0. The van der Waals surface area contributed by atoms with Crippen LogP contribution in [0, 0.1) is 12.8 Å². The number of nitrogens with zero attached hydrogens (tertiary/aromatic N) is 2. The number of benzene rings is 2. The van der Waals surface area contributed by atoms with E-state index in [1.54, 1.807) is 43.9 Å². The van der Waals surface area contributed by atoms with E-state index in [0.29, 0.717) is 36.7 Å². The van der Waals surface area contributed by atoms with Crippen molar-refractivity contribution >= 4 is 47.7 Å². The molecule has 2 atom stereocenters. The molecule has 248 valence electrons. The van der Waals surface area contributed by atoms with Crippen LogP contribution < -0.4 is 20.7 Å². The summed E-state index contributed by atoms with van der Waals surface area (Å²) >= 11 is 0. The van der Waals surface area contributed by atoms with Gasteiger partial charge in [-0.3, -0.25) is 14.5 Å². The van der Waals surface area contributed by atoms with Gasteiger partial charge in [-0.1, -0.05) is 38.1 Å². The van der Waals surface area contributed by atoms with Crippen LogP contribution in [0.1, 0.15) is 65.5 Å². The van der Waals surface area contributed by atoms with Gasteiger partial charge in [0.2, 0.25) is 0 Å². The van der Waals surface area contributed by atoms with Gasteiger partial charge in [0.05, 0.1) is 31.9 Å². The van der Waals surface area contributed by atoms with Crippen LogP contribution in [0.5, 0.6) is 5.75 Å². The van der Waals surface area contributed by atoms with Crippen LogP contribution >= 0.6 is 12.4 Å². The number of para-hydroxylation sites is 1. The van der Waals surface area contributed by atoms with Crippen LogP contribution in [0.4, 0.5) is 21.0 Å². The molecule has 0 unspecified atom stereocenters. The first-order chi connectivity index (χ1) is 20.8. The van der Waals surface area contributed by atoms with Crippen molar-refractivity contribution in [3.63, 3.8) is 0 Å². The molecule has 0 aromatic heterocycles. The Labute approximate surface area is 272 Å². The predicted molar refractivity (Wildman–Crippen MR) is 178 cm³/mol. The minimum absolute atomic E-state index is 0.